The van der Waals surface area contributed by atoms with E-state index in [0.29, 0.717) is 6.04 Å². The lowest BCUT2D eigenvalue weighted by Gasteiger charge is -2.33. The van der Waals surface area contributed by atoms with Crippen molar-refractivity contribution in [1.82, 2.24) is 14.5 Å². The molecule has 0 aromatic carbocycles. The van der Waals surface area contributed by atoms with Crippen LogP contribution in [0.25, 0.3) is 0 Å². The number of methoxy groups -OCH3 is 1. The predicted molar refractivity (Wildman–Crippen MR) is 78.5 cm³/mol. The predicted octanol–water partition coefficient (Wildman–Crippen LogP) is 1.72. The largest absolute Gasteiger partial charge is 0.383 e. The van der Waals surface area contributed by atoms with Gasteiger partial charge in [0.25, 0.3) is 0 Å². The molecule has 5 nitrogen and oxygen atoms in total. The number of nitrogens with zero attached hydrogens (tertiary/aromatic N) is 3. The molecule has 1 saturated heterocycles. The average Bonchev–Trinajstić information content (AvgIpc) is 3.22. The number of likely N-dealkylation sites (tertiary alicyclic amines) is 1. The van der Waals surface area contributed by atoms with E-state index in [4.69, 9.17) is 10.5 Å². The first-order chi connectivity index (χ1) is 9.81. The molecule has 20 heavy (non-hydrogen) atoms. The zero-order valence-corrected chi connectivity index (χ0v) is 12.4. The maximum Gasteiger partial charge on any atom is 0.0951 e. The fourth-order valence-electron chi connectivity index (χ4n) is 3.33. The summed E-state index contributed by atoms with van der Waals surface area (Å²) in [6, 6.07) is 1.14. The Morgan fingerprint density at radius 2 is 2.20 bits per heavy atom. The van der Waals surface area contributed by atoms with Crippen LogP contribution in [-0.4, -0.2) is 47.3 Å². The second-order valence-electron chi connectivity index (χ2n) is 6.09. The first kappa shape index (κ1) is 14.0. The molecule has 1 aliphatic heterocycles. The standard InChI is InChI=1S/C15H26N4O/c1-20-9-8-18-7-3-2-4-13(16)15(18)14-10-17-11-19(14)12-5-6-12/h10-13,15H,2-9,16H2,1H3. The quantitative estimate of drug-likeness (QED) is 0.891. The van der Waals surface area contributed by atoms with Gasteiger partial charge in [0.1, 0.15) is 0 Å². The molecule has 2 unspecified atom stereocenters. The molecule has 1 aromatic heterocycles. The molecule has 0 spiro atoms. The molecule has 2 heterocycles. The van der Waals surface area contributed by atoms with Crippen molar-refractivity contribution in [2.45, 2.75) is 50.2 Å². The number of hydrogen-bond donors (Lipinski definition) is 1. The van der Waals surface area contributed by atoms with Crippen LogP contribution in [0.5, 0.6) is 0 Å². The summed E-state index contributed by atoms with van der Waals surface area (Å²) < 4.78 is 7.63. The van der Waals surface area contributed by atoms with Crippen LogP contribution in [0.15, 0.2) is 12.5 Å². The Labute approximate surface area is 121 Å². The van der Waals surface area contributed by atoms with E-state index < -0.39 is 0 Å². The number of aromatic nitrogens is 2. The van der Waals surface area contributed by atoms with Gasteiger partial charge in [0.2, 0.25) is 0 Å². The van der Waals surface area contributed by atoms with Gasteiger partial charge in [0, 0.05) is 31.9 Å². The second kappa shape index (κ2) is 6.24. The Morgan fingerprint density at radius 1 is 1.35 bits per heavy atom. The van der Waals surface area contributed by atoms with Crippen LogP contribution in [-0.2, 0) is 4.74 Å². The van der Waals surface area contributed by atoms with Crippen LogP contribution in [0.3, 0.4) is 0 Å². The van der Waals surface area contributed by atoms with Gasteiger partial charge in [0.15, 0.2) is 0 Å². The molecule has 1 aromatic rings. The zero-order valence-electron chi connectivity index (χ0n) is 12.4. The Hall–Kier alpha value is -0.910. The Kier molecular flexibility index (Phi) is 4.38. The molecule has 1 saturated carbocycles. The maximum absolute atomic E-state index is 6.50. The van der Waals surface area contributed by atoms with E-state index >= 15 is 0 Å². The van der Waals surface area contributed by atoms with E-state index in [1.807, 2.05) is 12.5 Å². The minimum Gasteiger partial charge on any atom is -0.383 e. The average molecular weight is 278 g/mol. The lowest BCUT2D eigenvalue weighted by Crippen LogP contribution is -2.42. The van der Waals surface area contributed by atoms with Gasteiger partial charge in [-0.2, -0.15) is 0 Å². The van der Waals surface area contributed by atoms with Crippen LogP contribution in [0, 0.1) is 0 Å². The van der Waals surface area contributed by atoms with Gasteiger partial charge in [-0.3, -0.25) is 4.90 Å². The Bertz CT molecular complexity index is 429. The molecule has 2 aliphatic rings. The summed E-state index contributed by atoms with van der Waals surface area (Å²) in [5.41, 5.74) is 7.80. The number of imidazole rings is 1. The van der Waals surface area contributed by atoms with E-state index in [1.54, 1.807) is 7.11 Å². The summed E-state index contributed by atoms with van der Waals surface area (Å²) in [5.74, 6) is 0. The van der Waals surface area contributed by atoms with Crippen LogP contribution >= 0.6 is 0 Å². The summed E-state index contributed by atoms with van der Waals surface area (Å²) in [4.78, 5) is 6.88. The number of rotatable bonds is 5. The summed E-state index contributed by atoms with van der Waals surface area (Å²) in [5, 5.41) is 0. The third kappa shape index (κ3) is 2.90. The molecule has 0 radical (unpaired) electrons. The van der Waals surface area contributed by atoms with Gasteiger partial charge in [-0.25, -0.2) is 4.98 Å². The molecule has 112 valence electrons. The van der Waals surface area contributed by atoms with Crippen molar-refractivity contribution < 1.29 is 4.74 Å². The number of nitrogens with two attached hydrogens (primary N) is 1. The topological polar surface area (TPSA) is 56.3 Å². The maximum atomic E-state index is 6.50. The molecule has 2 atom stereocenters. The lowest BCUT2D eigenvalue weighted by molar-refractivity contribution is 0.111. The van der Waals surface area contributed by atoms with Crippen molar-refractivity contribution in [2.75, 3.05) is 26.8 Å². The smallest absolute Gasteiger partial charge is 0.0951 e. The SMILES string of the molecule is COCCN1CCCCC(N)C1c1cncn1C1CC1. The van der Waals surface area contributed by atoms with Gasteiger partial charge in [-0.05, 0) is 32.2 Å². The minimum atomic E-state index is 0.198. The van der Waals surface area contributed by atoms with E-state index in [0.717, 1.165) is 26.1 Å². The van der Waals surface area contributed by atoms with Gasteiger partial charge < -0.3 is 15.0 Å². The molecule has 1 aliphatic carbocycles. The second-order valence-corrected chi connectivity index (χ2v) is 6.09. The first-order valence-corrected chi connectivity index (χ1v) is 7.81. The molecule has 2 fully saturated rings. The van der Waals surface area contributed by atoms with E-state index in [9.17, 15) is 0 Å². The highest BCUT2D eigenvalue weighted by atomic mass is 16.5. The molecule has 3 rings (SSSR count). The molecular formula is C15H26N4O. The fraction of sp³-hybridized carbons (Fsp3) is 0.800. The molecule has 0 bridgehead atoms. The molecule has 2 N–H and O–H groups in total. The van der Waals surface area contributed by atoms with Gasteiger partial charge >= 0.3 is 0 Å². The third-order valence-electron chi connectivity index (χ3n) is 4.55. The van der Waals surface area contributed by atoms with E-state index in [1.165, 1.54) is 31.4 Å². The van der Waals surface area contributed by atoms with E-state index in [2.05, 4.69) is 14.5 Å². The van der Waals surface area contributed by atoms with Crippen molar-refractivity contribution in [1.29, 1.82) is 0 Å². The van der Waals surface area contributed by atoms with Crippen molar-refractivity contribution in [3.05, 3.63) is 18.2 Å². The summed E-state index contributed by atoms with van der Waals surface area (Å²) in [7, 11) is 1.77. The normalized spacial score (nSPS) is 28.5. The van der Waals surface area contributed by atoms with Gasteiger partial charge in [-0.15, -0.1) is 0 Å². The summed E-state index contributed by atoms with van der Waals surface area (Å²) in [6.45, 7) is 2.82. The van der Waals surface area contributed by atoms with Gasteiger partial charge in [-0.1, -0.05) is 6.42 Å². The minimum absolute atomic E-state index is 0.198. The summed E-state index contributed by atoms with van der Waals surface area (Å²) >= 11 is 0. The zero-order chi connectivity index (χ0) is 13.9. The van der Waals surface area contributed by atoms with Crippen LogP contribution in [0.4, 0.5) is 0 Å². The molecule has 0 amide bonds. The van der Waals surface area contributed by atoms with Crippen molar-refractivity contribution >= 4 is 0 Å². The fourth-order valence-corrected chi connectivity index (χ4v) is 3.33. The monoisotopic (exact) mass is 278 g/mol. The van der Waals surface area contributed by atoms with Crippen LogP contribution < -0.4 is 5.73 Å². The van der Waals surface area contributed by atoms with Crippen LogP contribution in [0.1, 0.15) is 49.9 Å². The van der Waals surface area contributed by atoms with Crippen molar-refractivity contribution in [3.63, 3.8) is 0 Å². The molecular weight excluding hydrogens is 252 g/mol. The van der Waals surface area contributed by atoms with E-state index in [-0.39, 0.29) is 12.1 Å². The highest BCUT2D eigenvalue weighted by Gasteiger charge is 2.34. The Morgan fingerprint density at radius 3 is 2.95 bits per heavy atom. The molecule has 5 heteroatoms. The van der Waals surface area contributed by atoms with Crippen molar-refractivity contribution in [3.8, 4) is 0 Å². The third-order valence-corrected chi connectivity index (χ3v) is 4.55. The van der Waals surface area contributed by atoms with Gasteiger partial charge in [0.05, 0.1) is 24.7 Å². The lowest BCUT2D eigenvalue weighted by atomic mass is 10.0. The highest BCUT2D eigenvalue weighted by Crippen LogP contribution is 2.39. The number of ether oxygens (including phenoxy) is 1. The number of hydrogen-bond acceptors (Lipinski definition) is 4. The van der Waals surface area contributed by atoms with Crippen molar-refractivity contribution in [2.24, 2.45) is 5.73 Å². The Balaban J connectivity index is 1.85. The summed E-state index contributed by atoms with van der Waals surface area (Å²) in [6.07, 6.45) is 10.1. The highest BCUT2D eigenvalue weighted by molar-refractivity contribution is 5.12. The van der Waals surface area contributed by atoms with Crippen LogP contribution in [0.2, 0.25) is 0 Å². The first-order valence-electron chi connectivity index (χ1n) is 7.81.